The fourth-order valence-electron chi connectivity index (χ4n) is 1.77. The van der Waals surface area contributed by atoms with E-state index >= 15 is 0 Å². The highest BCUT2D eigenvalue weighted by Crippen LogP contribution is 2.21. The first-order chi connectivity index (χ1) is 9.15. The first-order valence-electron chi connectivity index (χ1n) is 6.76. The minimum absolute atomic E-state index is 0.120. The van der Waals surface area contributed by atoms with Gasteiger partial charge in [0.25, 0.3) is 0 Å². The van der Waals surface area contributed by atoms with E-state index < -0.39 is 0 Å². The van der Waals surface area contributed by atoms with Crippen molar-refractivity contribution >= 4 is 0 Å². The van der Waals surface area contributed by atoms with E-state index in [1.54, 1.807) is 0 Å². The summed E-state index contributed by atoms with van der Waals surface area (Å²) in [5.74, 6) is 0.957. The summed E-state index contributed by atoms with van der Waals surface area (Å²) < 4.78 is 11.2. The third-order valence-corrected chi connectivity index (χ3v) is 2.90. The van der Waals surface area contributed by atoms with Crippen molar-refractivity contribution in [2.75, 3.05) is 33.0 Å². The molecule has 1 aromatic carbocycles. The summed E-state index contributed by atoms with van der Waals surface area (Å²) in [5, 5.41) is 12.0. The van der Waals surface area contributed by atoms with E-state index in [2.05, 4.69) is 5.32 Å². The number of nitrogens with one attached hydrogen (secondary N) is 1. The Morgan fingerprint density at radius 2 is 1.84 bits per heavy atom. The van der Waals surface area contributed by atoms with Crippen molar-refractivity contribution in [3.05, 3.63) is 29.3 Å². The maximum atomic E-state index is 8.83. The third-order valence-electron chi connectivity index (χ3n) is 2.90. The van der Waals surface area contributed by atoms with Gasteiger partial charge in [-0.1, -0.05) is 18.2 Å². The largest absolute Gasteiger partial charge is 0.491 e. The molecule has 0 saturated heterocycles. The summed E-state index contributed by atoms with van der Waals surface area (Å²) in [4.78, 5) is 0. The number of hydrogen-bond donors (Lipinski definition) is 2. The van der Waals surface area contributed by atoms with E-state index in [1.807, 2.05) is 39.0 Å². The topological polar surface area (TPSA) is 50.7 Å². The average Bonchev–Trinajstić information content (AvgIpc) is 2.40. The van der Waals surface area contributed by atoms with Gasteiger partial charge in [-0.15, -0.1) is 0 Å². The lowest BCUT2D eigenvalue weighted by molar-refractivity contribution is 0.0984. The van der Waals surface area contributed by atoms with Crippen LogP contribution in [0.2, 0.25) is 0 Å². The zero-order valence-corrected chi connectivity index (χ0v) is 12.1. The Labute approximate surface area is 115 Å². The number of para-hydroxylation sites is 1. The molecule has 0 amide bonds. The van der Waals surface area contributed by atoms with Crippen molar-refractivity contribution in [3.63, 3.8) is 0 Å². The Bertz CT molecular complexity index is 348. The molecule has 4 nitrogen and oxygen atoms in total. The van der Waals surface area contributed by atoms with Gasteiger partial charge in [0.15, 0.2) is 0 Å². The minimum atomic E-state index is 0.120. The number of ether oxygens (including phenoxy) is 2. The fourth-order valence-corrected chi connectivity index (χ4v) is 1.77. The number of aryl methyl sites for hydroxylation is 2. The van der Waals surface area contributed by atoms with Crippen LogP contribution < -0.4 is 10.1 Å². The van der Waals surface area contributed by atoms with Crippen molar-refractivity contribution in [1.29, 1.82) is 0 Å². The van der Waals surface area contributed by atoms with Crippen LogP contribution in [-0.2, 0) is 4.74 Å². The number of hydrogen-bond acceptors (Lipinski definition) is 4. The Morgan fingerprint density at radius 3 is 2.47 bits per heavy atom. The summed E-state index contributed by atoms with van der Waals surface area (Å²) in [6.45, 7) is 8.67. The van der Waals surface area contributed by atoms with Crippen molar-refractivity contribution in [1.82, 2.24) is 5.32 Å². The van der Waals surface area contributed by atoms with E-state index in [4.69, 9.17) is 14.6 Å². The van der Waals surface area contributed by atoms with Gasteiger partial charge in [-0.2, -0.15) is 0 Å². The van der Waals surface area contributed by atoms with E-state index in [0.717, 1.165) is 23.4 Å². The number of benzene rings is 1. The molecule has 1 atom stereocenters. The van der Waals surface area contributed by atoms with Crippen LogP contribution in [0, 0.1) is 13.8 Å². The SMILES string of the molecule is Cc1cccc(C)c1OCCOCCNC(C)CO. The lowest BCUT2D eigenvalue weighted by Gasteiger charge is -2.13. The highest BCUT2D eigenvalue weighted by atomic mass is 16.5. The Balaban J connectivity index is 2.11. The predicted molar refractivity (Wildman–Crippen MR) is 76.8 cm³/mol. The summed E-state index contributed by atoms with van der Waals surface area (Å²) in [6.07, 6.45) is 0. The monoisotopic (exact) mass is 267 g/mol. The molecule has 2 N–H and O–H groups in total. The quantitative estimate of drug-likeness (QED) is 0.668. The van der Waals surface area contributed by atoms with Gasteiger partial charge in [0.2, 0.25) is 0 Å². The first-order valence-corrected chi connectivity index (χ1v) is 6.76. The third kappa shape index (κ3) is 6.05. The number of aliphatic hydroxyl groups excluding tert-OH is 1. The molecule has 19 heavy (non-hydrogen) atoms. The molecule has 4 heteroatoms. The smallest absolute Gasteiger partial charge is 0.125 e. The van der Waals surface area contributed by atoms with Crippen LogP contribution in [0.4, 0.5) is 0 Å². The maximum absolute atomic E-state index is 8.83. The maximum Gasteiger partial charge on any atom is 0.125 e. The Morgan fingerprint density at radius 1 is 1.16 bits per heavy atom. The van der Waals surface area contributed by atoms with Gasteiger partial charge in [0, 0.05) is 12.6 Å². The highest BCUT2D eigenvalue weighted by Gasteiger charge is 2.02. The Kier molecular flexibility index (Phi) is 7.48. The van der Waals surface area contributed by atoms with Gasteiger partial charge in [0.1, 0.15) is 12.4 Å². The molecule has 0 bridgehead atoms. The zero-order valence-electron chi connectivity index (χ0n) is 12.1. The van der Waals surface area contributed by atoms with Gasteiger partial charge < -0.3 is 19.9 Å². The van der Waals surface area contributed by atoms with Gasteiger partial charge >= 0.3 is 0 Å². The lowest BCUT2D eigenvalue weighted by atomic mass is 10.1. The minimum Gasteiger partial charge on any atom is -0.491 e. The Hall–Kier alpha value is -1.10. The second kappa shape index (κ2) is 8.91. The average molecular weight is 267 g/mol. The molecule has 0 spiro atoms. The van der Waals surface area contributed by atoms with E-state index in [-0.39, 0.29) is 12.6 Å². The molecule has 0 aromatic heterocycles. The summed E-state index contributed by atoms with van der Waals surface area (Å²) in [7, 11) is 0. The van der Waals surface area contributed by atoms with E-state index in [0.29, 0.717) is 19.8 Å². The predicted octanol–water partition coefficient (Wildman–Crippen LogP) is 1.67. The van der Waals surface area contributed by atoms with E-state index in [1.165, 1.54) is 0 Å². The zero-order chi connectivity index (χ0) is 14.1. The molecule has 1 aromatic rings. The van der Waals surface area contributed by atoms with Gasteiger partial charge in [-0.05, 0) is 31.9 Å². The summed E-state index contributed by atoms with van der Waals surface area (Å²) in [6, 6.07) is 6.24. The number of rotatable bonds is 9. The molecule has 1 rings (SSSR count). The molecule has 0 aliphatic heterocycles. The van der Waals surface area contributed by atoms with Gasteiger partial charge in [-0.3, -0.25) is 0 Å². The van der Waals surface area contributed by atoms with Crippen LogP contribution in [0.1, 0.15) is 18.1 Å². The van der Waals surface area contributed by atoms with E-state index in [9.17, 15) is 0 Å². The highest BCUT2D eigenvalue weighted by molar-refractivity contribution is 5.39. The van der Waals surface area contributed by atoms with Crippen molar-refractivity contribution in [2.45, 2.75) is 26.8 Å². The fraction of sp³-hybridized carbons (Fsp3) is 0.600. The van der Waals surface area contributed by atoms with Gasteiger partial charge in [0.05, 0.1) is 19.8 Å². The molecule has 1 unspecified atom stereocenters. The molecular formula is C15H25NO3. The molecule has 0 saturated carbocycles. The van der Waals surface area contributed by atoms with Crippen LogP contribution in [0.5, 0.6) is 5.75 Å². The standard InChI is InChI=1S/C15H25NO3/c1-12-5-4-6-13(2)15(12)19-10-9-18-8-7-16-14(3)11-17/h4-6,14,16-17H,7-11H2,1-3H3. The van der Waals surface area contributed by atoms with Crippen LogP contribution >= 0.6 is 0 Å². The van der Waals surface area contributed by atoms with Crippen LogP contribution in [0.3, 0.4) is 0 Å². The number of aliphatic hydroxyl groups is 1. The molecule has 0 heterocycles. The normalized spacial score (nSPS) is 12.4. The first kappa shape index (κ1) is 16.0. The van der Waals surface area contributed by atoms with Crippen molar-refractivity contribution in [2.24, 2.45) is 0 Å². The molecule has 0 aliphatic carbocycles. The van der Waals surface area contributed by atoms with Gasteiger partial charge in [-0.25, -0.2) is 0 Å². The second-order valence-electron chi connectivity index (χ2n) is 4.72. The van der Waals surface area contributed by atoms with Crippen molar-refractivity contribution in [3.8, 4) is 5.75 Å². The van der Waals surface area contributed by atoms with Crippen LogP contribution in [0.25, 0.3) is 0 Å². The molecule has 108 valence electrons. The molecule has 0 fully saturated rings. The van der Waals surface area contributed by atoms with Crippen LogP contribution in [0.15, 0.2) is 18.2 Å². The molecule has 0 aliphatic rings. The summed E-state index contributed by atoms with van der Waals surface area (Å²) in [5.41, 5.74) is 2.30. The molecule has 0 radical (unpaired) electrons. The van der Waals surface area contributed by atoms with Crippen molar-refractivity contribution < 1.29 is 14.6 Å². The second-order valence-corrected chi connectivity index (χ2v) is 4.72. The lowest BCUT2D eigenvalue weighted by Crippen LogP contribution is -2.32. The molecular weight excluding hydrogens is 242 g/mol. The van der Waals surface area contributed by atoms with Crippen LogP contribution in [-0.4, -0.2) is 44.1 Å². The summed E-state index contributed by atoms with van der Waals surface area (Å²) >= 11 is 0.